The van der Waals surface area contributed by atoms with E-state index in [4.69, 9.17) is 9.84 Å². The average molecular weight is 286 g/mol. The lowest BCUT2D eigenvalue weighted by molar-refractivity contribution is 0.234. The third-order valence-electron chi connectivity index (χ3n) is 3.12. The van der Waals surface area contributed by atoms with Gasteiger partial charge in [-0.05, 0) is 30.3 Å². The van der Waals surface area contributed by atoms with Gasteiger partial charge in [0.15, 0.2) is 5.43 Å². The van der Waals surface area contributed by atoms with Gasteiger partial charge in [0.2, 0.25) is 0 Å². The third kappa shape index (κ3) is 2.40. The molecule has 1 aromatic heterocycles. The highest BCUT2D eigenvalue weighted by Gasteiger charge is 2.06. The third-order valence-corrected chi connectivity index (χ3v) is 4.27. The molecule has 0 radical (unpaired) electrons. The maximum atomic E-state index is 12.5. The first-order valence-electron chi connectivity index (χ1n) is 6.49. The lowest BCUT2D eigenvalue weighted by atomic mass is 10.2. The van der Waals surface area contributed by atoms with Gasteiger partial charge in [-0.1, -0.05) is 12.1 Å². The van der Waals surface area contributed by atoms with Crippen LogP contribution in [0.1, 0.15) is 6.42 Å². The fraction of sp³-hybridized carbons (Fsp3) is 0.188. The number of aliphatic hydroxyl groups is 1. The molecule has 2 aromatic carbocycles. The number of fused-ring (bicyclic) bond motifs is 2. The molecule has 0 aliphatic carbocycles. The molecule has 0 saturated carbocycles. The molecule has 1 heterocycles. The second-order valence-corrected chi connectivity index (χ2v) is 5.59. The van der Waals surface area contributed by atoms with Gasteiger partial charge in [0.25, 0.3) is 0 Å². The van der Waals surface area contributed by atoms with Gasteiger partial charge in [-0.25, -0.2) is 0 Å². The Hall–Kier alpha value is -1.91. The fourth-order valence-electron chi connectivity index (χ4n) is 2.13. The minimum atomic E-state index is 0.0435. The highest BCUT2D eigenvalue weighted by molar-refractivity contribution is 7.24. The van der Waals surface area contributed by atoms with Crippen LogP contribution in [0, 0.1) is 0 Å². The first-order chi connectivity index (χ1) is 9.79. The monoisotopic (exact) mass is 286 g/mol. The van der Waals surface area contributed by atoms with Crippen LogP contribution in [-0.4, -0.2) is 18.3 Å². The van der Waals surface area contributed by atoms with E-state index < -0.39 is 0 Å². The molecule has 0 aliphatic rings. The molecular weight excluding hydrogens is 272 g/mol. The van der Waals surface area contributed by atoms with E-state index in [1.165, 1.54) is 0 Å². The number of ether oxygens (including phenoxy) is 1. The van der Waals surface area contributed by atoms with E-state index in [1.807, 2.05) is 36.4 Å². The predicted octanol–water partition coefficient (Wildman–Crippen LogP) is 3.18. The molecule has 4 heteroatoms. The summed E-state index contributed by atoms with van der Waals surface area (Å²) in [5, 5.41) is 10.2. The van der Waals surface area contributed by atoms with Crippen LogP contribution in [-0.2, 0) is 0 Å². The van der Waals surface area contributed by atoms with E-state index >= 15 is 0 Å². The lowest BCUT2D eigenvalue weighted by Gasteiger charge is -2.06. The zero-order chi connectivity index (χ0) is 13.9. The largest absolute Gasteiger partial charge is 0.493 e. The zero-order valence-electron chi connectivity index (χ0n) is 10.8. The van der Waals surface area contributed by atoms with Crippen molar-refractivity contribution in [2.45, 2.75) is 6.42 Å². The summed E-state index contributed by atoms with van der Waals surface area (Å²) in [6, 6.07) is 13.2. The minimum Gasteiger partial charge on any atom is -0.493 e. The van der Waals surface area contributed by atoms with Gasteiger partial charge in [-0.2, -0.15) is 0 Å². The molecule has 3 rings (SSSR count). The molecule has 20 heavy (non-hydrogen) atoms. The molecule has 0 bridgehead atoms. The fourth-order valence-corrected chi connectivity index (χ4v) is 3.18. The van der Waals surface area contributed by atoms with Gasteiger partial charge in [0.1, 0.15) is 5.75 Å². The van der Waals surface area contributed by atoms with Crippen molar-refractivity contribution in [2.24, 2.45) is 0 Å². The van der Waals surface area contributed by atoms with E-state index in [1.54, 1.807) is 17.4 Å². The molecule has 0 spiro atoms. The molecule has 102 valence electrons. The quantitative estimate of drug-likeness (QED) is 0.592. The summed E-state index contributed by atoms with van der Waals surface area (Å²) in [4.78, 5) is 12.5. The number of hydrogen-bond acceptors (Lipinski definition) is 4. The van der Waals surface area contributed by atoms with Crippen molar-refractivity contribution in [1.29, 1.82) is 0 Å². The second kappa shape index (κ2) is 5.61. The average Bonchev–Trinajstić information content (AvgIpc) is 2.48. The van der Waals surface area contributed by atoms with Gasteiger partial charge in [-0.3, -0.25) is 4.79 Å². The summed E-state index contributed by atoms with van der Waals surface area (Å²) in [6.45, 7) is 0.556. The number of rotatable bonds is 4. The molecule has 3 nitrogen and oxygen atoms in total. The normalized spacial score (nSPS) is 11.1. The molecule has 0 fully saturated rings. The van der Waals surface area contributed by atoms with Crippen molar-refractivity contribution < 1.29 is 9.84 Å². The Morgan fingerprint density at radius 1 is 1.05 bits per heavy atom. The molecule has 0 unspecified atom stereocenters. The van der Waals surface area contributed by atoms with Crippen LogP contribution in [0.3, 0.4) is 0 Å². The van der Waals surface area contributed by atoms with Crippen LogP contribution in [0.4, 0.5) is 0 Å². The number of benzene rings is 2. The SMILES string of the molecule is O=c1c2ccccc2sc2ccc(OCCCO)cc12. The Kier molecular flexibility index (Phi) is 3.67. The smallest absolute Gasteiger partial charge is 0.196 e. The summed E-state index contributed by atoms with van der Waals surface area (Å²) in [5.74, 6) is 0.672. The molecule has 0 atom stereocenters. The van der Waals surface area contributed by atoms with Crippen LogP contribution in [0.15, 0.2) is 47.3 Å². The van der Waals surface area contributed by atoms with Crippen molar-refractivity contribution in [3.05, 3.63) is 52.7 Å². The summed E-state index contributed by atoms with van der Waals surface area (Å²) >= 11 is 1.61. The van der Waals surface area contributed by atoms with Crippen LogP contribution in [0.25, 0.3) is 20.2 Å². The van der Waals surface area contributed by atoms with Gasteiger partial charge < -0.3 is 9.84 Å². The summed E-state index contributed by atoms with van der Waals surface area (Å²) in [5.41, 5.74) is 0.0435. The van der Waals surface area contributed by atoms with E-state index in [9.17, 15) is 4.79 Å². The van der Waals surface area contributed by atoms with Crippen LogP contribution in [0.2, 0.25) is 0 Å². The minimum absolute atomic E-state index is 0.0435. The summed E-state index contributed by atoms with van der Waals surface area (Å²) in [6.07, 6.45) is 0.586. The van der Waals surface area contributed by atoms with Crippen molar-refractivity contribution in [3.8, 4) is 5.75 Å². The Balaban J connectivity index is 2.11. The van der Waals surface area contributed by atoms with Gasteiger partial charge >= 0.3 is 0 Å². The van der Waals surface area contributed by atoms with Gasteiger partial charge in [0, 0.05) is 33.2 Å². The molecule has 0 saturated heterocycles. The highest BCUT2D eigenvalue weighted by Crippen LogP contribution is 2.27. The number of hydrogen-bond donors (Lipinski definition) is 1. The van der Waals surface area contributed by atoms with Crippen LogP contribution < -0.4 is 10.2 Å². The van der Waals surface area contributed by atoms with Crippen LogP contribution in [0.5, 0.6) is 5.75 Å². The topological polar surface area (TPSA) is 46.5 Å². The number of aliphatic hydroxyl groups excluding tert-OH is 1. The Bertz CT molecular complexity index is 808. The summed E-state index contributed by atoms with van der Waals surface area (Å²) < 4.78 is 7.49. The van der Waals surface area contributed by atoms with E-state index in [0.29, 0.717) is 24.2 Å². The van der Waals surface area contributed by atoms with Gasteiger partial charge in [-0.15, -0.1) is 11.3 Å². The summed E-state index contributed by atoms with van der Waals surface area (Å²) in [7, 11) is 0. The van der Waals surface area contributed by atoms with Crippen molar-refractivity contribution >= 4 is 31.5 Å². The maximum Gasteiger partial charge on any atom is 0.196 e. The van der Waals surface area contributed by atoms with Crippen LogP contribution >= 0.6 is 11.3 Å². The van der Waals surface area contributed by atoms with Gasteiger partial charge in [0.05, 0.1) is 6.61 Å². The Morgan fingerprint density at radius 3 is 2.70 bits per heavy atom. The van der Waals surface area contributed by atoms with E-state index in [-0.39, 0.29) is 12.0 Å². The highest BCUT2D eigenvalue weighted by atomic mass is 32.1. The second-order valence-electron chi connectivity index (χ2n) is 4.51. The molecule has 3 aromatic rings. The standard InChI is InChI=1S/C16H14O3S/c17-8-3-9-19-11-6-7-15-13(10-11)16(18)12-4-1-2-5-14(12)20-15/h1-2,4-7,10,17H,3,8-9H2. The molecular formula is C16H14O3S. The van der Waals surface area contributed by atoms with Crippen molar-refractivity contribution in [1.82, 2.24) is 0 Å². The molecule has 0 aliphatic heterocycles. The molecule has 0 amide bonds. The first kappa shape index (κ1) is 13.1. The lowest BCUT2D eigenvalue weighted by Crippen LogP contribution is -2.03. The van der Waals surface area contributed by atoms with E-state index in [2.05, 4.69) is 0 Å². The van der Waals surface area contributed by atoms with Crippen molar-refractivity contribution in [3.63, 3.8) is 0 Å². The Morgan fingerprint density at radius 2 is 1.85 bits per heavy atom. The first-order valence-corrected chi connectivity index (χ1v) is 7.30. The van der Waals surface area contributed by atoms with E-state index in [0.717, 1.165) is 14.8 Å². The predicted molar refractivity (Wildman–Crippen MR) is 82.8 cm³/mol. The maximum absolute atomic E-state index is 12.5. The van der Waals surface area contributed by atoms with Crippen molar-refractivity contribution in [2.75, 3.05) is 13.2 Å². The zero-order valence-corrected chi connectivity index (χ0v) is 11.7. The Labute approximate surface area is 120 Å². The molecule has 1 N–H and O–H groups in total.